The van der Waals surface area contributed by atoms with E-state index in [1.807, 2.05) is 18.2 Å². The predicted molar refractivity (Wildman–Crippen MR) is 118 cm³/mol. The van der Waals surface area contributed by atoms with Crippen molar-refractivity contribution >= 4 is 11.0 Å². The number of pyridine rings is 2. The first kappa shape index (κ1) is 21.7. The average molecular weight is 453 g/mol. The van der Waals surface area contributed by atoms with Crippen molar-refractivity contribution in [3.63, 3.8) is 0 Å². The summed E-state index contributed by atoms with van der Waals surface area (Å²) in [6, 6.07) is 7.57. The molecule has 1 unspecified atom stereocenters. The van der Waals surface area contributed by atoms with E-state index in [0.29, 0.717) is 50.3 Å². The summed E-state index contributed by atoms with van der Waals surface area (Å²) in [6.45, 7) is 2.09. The molecule has 2 N–H and O–H groups in total. The molecule has 10 nitrogen and oxygen atoms in total. The van der Waals surface area contributed by atoms with Crippen molar-refractivity contribution in [3.05, 3.63) is 41.7 Å². The third-order valence-electron chi connectivity index (χ3n) is 5.95. The SMILES string of the molecule is COc1ccc2nccc(CC(O)[C@@H]3CC[C@@H](NCc4cc5c(nn4)OCCO5)CO3)c2n1. The maximum absolute atomic E-state index is 10.9. The highest BCUT2D eigenvalue weighted by Gasteiger charge is 2.28. The molecule has 1 saturated heterocycles. The number of hydrogen-bond donors (Lipinski definition) is 2. The van der Waals surface area contributed by atoms with Crippen LogP contribution in [0.3, 0.4) is 0 Å². The molecule has 5 heterocycles. The van der Waals surface area contributed by atoms with E-state index in [0.717, 1.165) is 35.1 Å². The van der Waals surface area contributed by atoms with E-state index in [1.165, 1.54) is 0 Å². The number of aliphatic hydroxyl groups excluding tert-OH is 1. The van der Waals surface area contributed by atoms with Gasteiger partial charge in [0.1, 0.15) is 13.2 Å². The van der Waals surface area contributed by atoms with Gasteiger partial charge < -0.3 is 29.4 Å². The second kappa shape index (κ2) is 9.82. The number of aliphatic hydroxyl groups is 1. The Balaban J connectivity index is 1.14. The van der Waals surface area contributed by atoms with Crippen molar-refractivity contribution in [2.45, 2.75) is 44.1 Å². The summed E-state index contributed by atoms with van der Waals surface area (Å²) in [4.78, 5) is 8.86. The van der Waals surface area contributed by atoms with E-state index in [4.69, 9.17) is 18.9 Å². The molecule has 0 aromatic carbocycles. The van der Waals surface area contributed by atoms with E-state index >= 15 is 0 Å². The van der Waals surface area contributed by atoms with Crippen LogP contribution in [0.5, 0.6) is 17.5 Å². The van der Waals surface area contributed by atoms with Gasteiger partial charge in [0, 0.05) is 37.3 Å². The van der Waals surface area contributed by atoms with E-state index in [2.05, 4.69) is 25.5 Å². The average Bonchev–Trinajstić information content (AvgIpc) is 2.87. The van der Waals surface area contributed by atoms with E-state index in [1.54, 1.807) is 19.4 Å². The van der Waals surface area contributed by atoms with Crippen LogP contribution >= 0.6 is 0 Å². The second-order valence-electron chi connectivity index (χ2n) is 8.19. The molecular formula is C23H27N5O5. The van der Waals surface area contributed by atoms with Gasteiger partial charge in [-0.15, -0.1) is 5.10 Å². The van der Waals surface area contributed by atoms with Gasteiger partial charge in [-0.1, -0.05) is 0 Å². The summed E-state index contributed by atoms with van der Waals surface area (Å²) in [7, 11) is 1.58. The Labute approximate surface area is 191 Å². The maximum Gasteiger partial charge on any atom is 0.276 e. The first-order valence-corrected chi connectivity index (χ1v) is 11.1. The van der Waals surface area contributed by atoms with Gasteiger partial charge in [0.05, 0.1) is 42.7 Å². The standard InChI is InChI=1S/C23H27N5O5/c1-30-21-5-3-17-22(26-21)14(6-7-24-17)10-18(29)19-4-2-15(13-33-19)25-12-16-11-20-23(28-27-16)32-9-8-31-20/h3,5-7,11,15,18-19,25,29H,2,4,8-10,12-13H2,1H3/t15-,18?,19+/m1/s1. The van der Waals surface area contributed by atoms with Crippen LogP contribution in [-0.2, 0) is 17.7 Å². The molecule has 2 aliphatic heterocycles. The maximum atomic E-state index is 10.9. The summed E-state index contributed by atoms with van der Waals surface area (Å²) >= 11 is 0. The molecule has 0 radical (unpaired) electrons. The number of nitrogens with zero attached hydrogens (tertiary/aromatic N) is 4. The number of ether oxygens (including phenoxy) is 4. The van der Waals surface area contributed by atoms with Crippen molar-refractivity contribution < 1.29 is 24.1 Å². The van der Waals surface area contributed by atoms with Gasteiger partial charge in [0.2, 0.25) is 5.88 Å². The third-order valence-corrected chi connectivity index (χ3v) is 5.95. The van der Waals surface area contributed by atoms with Gasteiger partial charge in [0.25, 0.3) is 5.88 Å². The number of methoxy groups -OCH3 is 1. The third kappa shape index (κ3) is 4.97. The lowest BCUT2D eigenvalue weighted by molar-refractivity contribution is -0.0717. The molecule has 3 atom stereocenters. The normalized spacial score (nSPS) is 21.0. The molecule has 0 saturated carbocycles. The Hall–Kier alpha value is -3.08. The monoisotopic (exact) mass is 453 g/mol. The van der Waals surface area contributed by atoms with E-state index < -0.39 is 6.10 Å². The quantitative estimate of drug-likeness (QED) is 0.544. The second-order valence-corrected chi connectivity index (χ2v) is 8.19. The molecule has 1 fully saturated rings. The number of nitrogens with one attached hydrogen (secondary N) is 1. The van der Waals surface area contributed by atoms with Crippen molar-refractivity contribution in [2.24, 2.45) is 0 Å². The predicted octanol–water partition coefficient (Wildman–Crippen LogP) is 1.44. The highest BCUT2D eigenvalue weighted by molar-refractivity contribution is 5.78. The fourth-order valence-electron chi connectivity index (χ4n) is 4.16. The number of hydrogen-bond acceptors (Lipinski definition) is 10. The van der Waals surface area contributed by atoms with Gasteiger partial charge >= 0.3 is 0 Å². The summed E-state index contributed by atoms with van der Waals surface area (Å²) < 4.78 is 22.2. The lowest BCUT2D eigenvalue weighted by Gasteiger charge is -2.32. The zero-order valence-electron chi connectivity index (χ0n) is 18.4. The zero-order chi connectivity index (χ0) is 22.6. The van der Waals surface area contributed by atoms with Gasteiger partial charge in [-0.05, 0) is 30.5 Å². The molecule has 3 aromatic heterocycles. The Morgan fingerprint density at radius 2 is 2.09 bits per heavy atom. The number of rotatable bonds is 7. The highest BCUT2D eigenvalue weighted by atomic mass is 16.6. The summed E-state index contributed by atoms with van der Waals surface area (Å²) in [5, 5.41) is 22.6. The smallest absolute Gasteiger partial charge is 0.276 e. The van der Waals surface area contributed by atoms with Crippen LogP contribution in [0.25, 0.3) is 11.0 Å². The summed E-state index contributed by atoms with van der Waals surface area (Å²) in [5.41, 5.74) is 3.23. The number of aromatic nitrogens is 4. The molecule has 0 amide bonds. The molecule has 3 aromatic rings. The van der Waals surface area contributed by atoms with Crippen LogP contribution in [-0.4, -0.2) is 70.5 Å². The Morgan fingerprint density at radius 3 is 2.94 bits per heavy atom. The van der Waals surface area contributed by atoms with E-state index in [-0.39, 0.29) is 12.1 Å². The molecular weight excluding hydrogens is 426 g/mol. The van der Waals surface area contributed by atoms with Crippen molar-refractivity contribution in [3.8, 4) is 17.5 Å². The largest absolute Gasteiger partial charge is 0.484 e. The van der Waals surface area contributed by atoms with Crippen LogP contribution in [0, 0.1) is 0 Å². The van der Waals surface area contributed by atoms with Crippen molar-refractivity contribution in [1.82, 2.24) is 25.5 Å². The minimum Gasteiger partial charge on any atom is -0.484 e. The molecule has 10 heteroatoms. The Kier molecular flexibility index (Phi) is 6.47. The topological polar surface area (TPSA) is 121 Å². The van der Waals surface area contributed by atoms with Crippen molar-refractivity contribution in [1.29, 1.82) is 0 Å². The molecule has 0 spiro atoms. The van der Waals surface area contributed by atoms with Gasteiger partial charge in [0.15, 0.2) is 5.75 Å². The van der Waals surface area contributed by atoms with Crippen LogP contribution in [0.1, 0.15) is 24.1 Å². The first-order chi connectivity index (χ1) is 16.2. The molecule has 2 aliphatic rings. The Bertz CT molecular complexity index is 1110. The van der Waals surface area contributed by atoms with Gasteiger partial charge in [-0.25, -0.2) is 4.98 Å². The van der Waals surface area contributed by atoms with Crippen LogP contribution in [0.15, 0.2) is 30.5 Å². The Morgan fingerprint density at radius 1 is 1.18 bits per heavy atom. The van der Waals surface area contributed by atoms with E-state index in [9.17, 15) is 5.11 Å². The fraction of sp³-hybridized carbons (Fsp3) is 0.478. The molecule has 33 heavy (non-hydrogen) atoms. The van der Waals surface area contributed by atoms with Crippen LogP contribution in [0.2, 0.25) is 0 Å². The van der Waals surface area contributed by atoms with Gasteiger partial charge in [-0.3, -0.25) is 4.98 Å². The minimum absolute atomic E-state index is 0.177. The van der Waals surface area contributed by atoms with Crippen LogP contribution in [0.4, 0.5) is 0 Å². The molecule has 0 bridgehead atoms. The zero-order valence-corrected chi connectivity index (χ0v) is 18.4. The molecule has 5 rings (SSSR count). The minimum atomic E-state index is -0.631. The first-order valence-electron chi connectivity index (χ1n) is 11.1. The summed E-state index contributed by atoms with van der Waals surface area (Å²) in [5.74, 6) is 1.60. The lowest BCUT2D eigenvalue weighted by Crippen LogP contribution is -2.44. The van der Waals surface area contributed by atoms with Crippen molar-refractivity contribution in [2.75, 3.05) is 26.9 Å². The molecule has 174 valence electrons. The summed E-state index contributed by atoms with van der Waals surface area (Å²) in [6.07, 6.45) is 2.96. The van der Waals surface area contributed by atoms with Gasteiger partial charge in [-0.2, -0.15) is 5.10 Å². The fourth-order valence-corrected chi connectivity index (χ4v) is 4.16. The lowest BCUT2D eigenvalue weighted by atomic mass is 9.96. The highest BCUT2D eigenvalue weighted by Crippen LogP contribution is 2.27. The molecule has 0 aliphatic carbocycles. The number of fused-ring (bicyclic) bond motifs is 2. The van der Waals surface area contributed by atoms with Crippen LogP contribution < -0.4 is 19.5 Å².